The van der Waals surface area contributed by atoms with Crippen molar-refractivity contribution in [3.63, 3.8) is 0 Å². The average Bonchev–Trinajstić information content (AvgIpc) is 2.51. The second-order valence-corrected chi connectivity index (χ2v) is 3.34. The number of thiocarbonyl (C=S) groups is 1. The molecule has 0 fully saturated rings. The lowest BCUT2D eigenvalue weighted by atomic mass is 10.5. The molecule has 64 valence electrons. The third-order valence-corrected chi connectivity index (χ3v) is 2.05. The third-order valence-electron chi connectivity index (χ3n) is 1.08. The van der Waals surface area contributed by atoms with Crippen LogP contribution in [0.15, 0.2) is 16.7 Å². The van der Waals surface area contributed by atoms with E-state index >= 15 is 0 Å². The standard InChI is InChI=1S/C6H8N4S2/c1-4(9-10-6(7)11)5-8-2-3-12-5/h2-3H,1H3,(H3,7,10,11)/b9-4+. The first-order valence-electron chi connectivity index (χ1n) is 3.19. The molecule has 0 saturated heterocycles. The topological polar surface area (TPSA) is 63.3 Å². The zero-order chi connectivity index (χ0) is 8.97. The SMILES string of the molecule is C/C(=N\NC(N)=S)c1nccs1. The van der Waals surface area contributed by atoms with Crippen molar-refractivity contribution in [3.8, 4) is 0 Å². The minimum absolute atomic E-state index is 0.158. The van der Waals surface area contributed by atoms with Crippen molar-refractivity contribution in [2.24, 2.45) is 10.8 Å². The number of nitrogens with zero attached hydrogens (tertiary/aromatic N) is 2. The van der Waals surface area contributed by atoms with Gasteiger partial charge in [0.25, 0.3) is 0 Å². The van der Waals surface area contributed by atoms with Gasteiger partial charge < -0.3 is 5.73 Å². The Morgan fingerprint density at radius 3 is 3.08 bits per heavy atom. The first-order valence-corrected chi connectivity index (χ1v) is 4.48. The van der Waals surface area contributed by atoms with Crippen molar-refractivity contribution >= 4 is 34.4 Å². The Morgan fingerprint density at radius 1 is 1.83 bits per heavy atom. The Morgan fingerprint density at radius 2 is 2.58 bits per heavy atom. The largest absolute Gasteiger partial charge is 0.375 e. The summed E-state index contributed by atoms with van der Waals surface area (Å²) in [6.07, 6.45) is 1.72. The lowest BCUT2D eigenvalue weighted by Gasteiger charge is -1.96. The fourth-order valence-electron chi connectivity index (χ4n) is 0.589. The van der Waals surface area contributed by atoms with Crippen LogP contribution in [-0.4, -0.2) is 15.8 Å². The summed E-state index contributed by atoms with van der Waals surface area (Å²) in [6.45, 7) is 1.84. The highest BCUT2D eigenvalue weighted by atomic mass is 32.1. The number of rotatable bonds is 2. The summed E-state index contributed by atoms with van der Waals surface area (Å²) >= 11 is 6.10. The van der Waals surface area contributed by atoms with Crippen LogP contribution in [0.3, 0.4) is 0 Å². The highest BCUT2D eigenvalue weighted by Gasteiger charge is 1.98. The molecule has 6 heteroatoms. The maximum atomic E-state index is 5.19. The Kier molecular flexibility index (Phi) is 3.12. The summed E-state index contributed by atoms with van der Waals surface area (Å²) in [4.78, 5) is 4.06. The van der Waals surface area contributed by atoms with Crippen LogP contribution in [0, 0.1) is 0 Å². The number of hydrazone groups is 1. The third kappa shape index (κ3) is 2.55. The first kappa shape index (κ1) is 9.08. The Bertz CT molecular complexity index is 291. The van der Waals surface area contributed by atoms with Crippen molar-refractivity contribution in [1.29, 1.82) is 0 Å². The summed E-state index contributed by atoms with van der Waals surface area (Å²) in [7, 11) is 0. The van der Waals surface area contributed by atoms with Gasteiger partial charge in [-0.25, -0.2) is 4.98 Å². The van der Waals surface area contributed by atoms with Gasteiger partial charge in [0.05, 0.1) is 5.71 Å². The Hall–Kier alpha value is -1.01. The molecule has 0 bridgehead atoms. The fourth-order valence-corrected chi connectivity index (χ4v) is 1.22. The summed E-state index contributed by atoms with van der Waals surface area (Å²) in [5.41, 5.74) is 8.46. The van der Waals surface area contributed by atoms with Gasteiger partial charge in [-0.05, 0) is 19.1 Å². The molecular weight excluding hydrogens is 192 g/mol. The second-order valence-electron chi connectivity index (χ2n) is 2.01. The number of nitrogens with one attached hydrogen (secondary N) is 1. The molecule has 0 radical (unpaired) electrons. The second kappa shape index (κ2) is 4.13. The molecule has 0 aliphatic rings. The quantitative estimate of drug-likeness (QED) is 0.419. The van der Waals surface area contributed by atoms with Gasteiger partial charge in [-0.15, -0.1) is 11.3 Å². The number of thiazole rings is 1. The van der Waals surface area contributed by atoms with Crippen molar-refractivity contribution in [3.05, 3.63) is 16.6 Å². The maximum absolute atomic E-state index is 5.19. The van der Waals surface area contributed by atoms with E-state index < -0.39 is 0 Å². The van der Waals surface area contributed by atoms with Gasteiger partial charge in [-0.2, -0.15) is 5.10 Å². The molecule has 0 aromatic carbocycles. The molecule has 3 N–H and O–H groups in total. The molecule has 0 aliphatic heterocycles. The predicted octanol–water partition coefficient (Wildman–Crippen LogP) is 0.700. The minimum atomic E-state index is 0.158. The average molecular weight is 200 g/mol. The first-order chi connectivity index (χ1) is 5.70. The normalized spacial score (nSPS) is 11.2. The van der Waals surface area contributed by atoms with Crippen LogP contribution < -0.4 is 11.2 Å². The Labute approximate surface area is 79.5 Å². The van der Waals surface area contributed by atoms with E-state index in [9.17, 15) is 0 Å². The highest BCUT2D eigenvalue weighted by molar-refractivity contribution is 7.80. The molecule has 1 heterocycles. The van der Waals surface area contributed by atoms with Crippen LogP contribution in [0.1, 0.15) is 11.9 Å². The van der Waals surface area contributed by atoms with Gasteiger partial charge in [0.15, 0.2) is 5.11 Å². The maximum Gasteiger partial charge on any atom is 0.184 e. The van der Waals surface area contributed by atoms with E-state index in [0.717, 1.165) is 10.7 Å². The summed E-state index contributed by atoms with van der Waals surface area (Å²) in [5, 5.41) is 6.82. The molecule has 1 aromatic rings. The lowest BCUT2D eigenvalue weighted by molar-refractivity contribution is 1.03. The van der Waals surface area contributed by atoms with Crippen molar-refractivity contribution in [2.45, 2.75) is 6.92 Å². The number of hydrogen-bond acceptors (Lipinski definition) is 4. The summed E-state index contributed by atoms with van der Waals surface area (Å²) in [6, 6.07) is 0. The van der Waals surface area contributed by atoms with E-state index in [1.807, 2.05) is 12.3 Å². The molecule has 0 atom stereocenters. The van der Waals surface area contributed by atoms with E-state index in [2.05, 4.69) is 27.7 Å². The monoisotopic (exact) mass is 200 g/mol. The molecule has 1 aromatic heterocycles. The molecule has 0 amide bonds. The molecule has 12 heavy (non-hydrogen) atoms. The minimum Gasteiger partial charge on any atom is -0.375 e. The number of nitrogens with two attached hydrogens (primary N) is 1. The van der Waals surface area contributed by atoms with Gasteiger partial charge in [-0.3, -0.25) is 5.43 Å². The molecule has 4 nitrogen and oxygen atoms in total. The van der Waals surface area contributed by atoms with E-state index in [0.29, 0.717) is 0 Å². The zero-order valence-electron chi connectivity index (χ0n) is 6.44. The van der Waals surface area contributed by atoms with Gasteiger partial charge in [0.2, 0.25) is 0 Å². The number of aromatic nitrogens is 1. The van der Waals surface area contributed by atoms with Gasteiger partial charge >= 0.3 is 0 Å². The van der Waals surface area contributed by atoms with Crippen LogP contribution in [0.5, 0.6) is 0 Å². The molecule has 1 rings (SSSR count). The molecule has 0 saturated carbocycles. The lowest BCUT2D eigenvalue weighted by Crippen LogP contribution is -2.25. The van der Waals surface area contributed by atoms with Crippen LogP contribution in [0.25, 0.3) is 0 Å². The van der Waals surface area contributed by atoms with E-state index in [-0.39, 0.29) is 5.11 Å². The van der Waals surface area contributed by atoms with Crippen LogP contribution in [0.4, 0.5) is 0 Å². The smallest absolute Gasteiger partial charge is 0.184 e. The molecule has 0 unspecified atom stereocenters. The van der Waals surface area contributed by atoms with Crippen LogP contribution in [-0.2, 0) is 0 Å². The van der Waals surface area contributed by atoms with Crippen molar-refractivity contribution in [1.82, 2.24) is 10.4 Å². The number of hydrogen-bond donors (Lipinski definition) is 2. The fraction of sp³-hybridized carbons (Fsp3) is 0.167. The summed E-state index contributed by atoms with van der Waals surface area (Å²) < 4.78 is 0. The van der Waals surface area contributed by atoms with Crippen molar-refractivity contribution < 1.29 is 0 Å². The van der Waals surface area contributed by atoms with E-state index in [1.54, 1.807) is 6.20 Å². The van der Waals surface area contributed by atoms with Crippen molar-refractivity contribution in [2.75, 3.05) is 0 Å². The van der Waals surface area contributed by atoms with E-state index in [1.165, 1.54) is 11.3 Å². The van der Waals surface area contributed by atoms with Gasteiger partial charge in [0.1, 0.15) is 5.01 Å². The van der Waals surface area contributed by atoms with Crippen LogP contribution in [0.2, 0.25) is 0 Å². The Balaban J connectivity index is 2.65. The van der Waals surface area contributed by atoms with Gasteiger partial charge in [-0.1, -0.05) is 0 Å². The van der Waals surface area contributed by atoms with E-state index in [4.69, 9.17) is 5.73 Å². The summed E-state index contributed by atoms with van der Waals surface area (Å²) in [5.74, 6) is 0. The zero-order valence-corrected chi connectivity index (χ0v) is 8.08. The van der Waals surface area contributed by atoms with Gasteiger partial charge in [0, 0.05) is 11.6 Å². The molecule has 0 aliphatic carbocycles. The molecular formula is C6H8N4S2. The highest BCUT2D eigenvalue weighted by Crippen LogP contribution is 2.04. The van der Waals surface area contributed by atoms with Crippen LogP contribution >= 0.6 is 23.6 Å². The molecule has 0 spiro atoms. The predicted molar refractivity (Wildman–Crippen MR) is 54.2 cm³/mol.